The monoisotopic (exact) mass is 344 g/mol. The van der Waals surface area contributed by atoms with Gasteiger partial charge in [0, 0.05) is 10.0 Å². The van der Waals surface area contributed by atoms with Gasteiger partial charge in [0.05, 0.1) is 0 Å². The maximum Gasteiger partial charge on any atom is 0.244 e. The second-order valence-electron chi connectivity index (χ2n) is 2.01. The Balaban J connectivity index is 3.06. The highest BCUT2D eigenvalue weighted by molar-refractivity contribution is 9.24. The Kier molecular flexibility index (Phi) is 3.11. The van der Waals surface area contributed by atoms with Gasteiger partial charge in [-0.15, -0.1) is 0 Å². The van der Waals surface area contributed by atoms with E-state index in [4.69, 9.17) is 0 Å². The Bertz CT molecular complexity index is 254. The zero-order valence-corrected chi connectivity index (χ0v) is 10.1. The first-order chi connectivity index (χ1) is 5.00. The Hall–Kier alpha value is 0.590. The molecular formula is C7H4Br3F. The number of rotatable bonds is 1. The summed E-state index contributed by atoms with van der Waals surface area (Å²) in [5.74, 6) is 0. The summed E-state index contributed by atoms with van der Waals surface area (Å²) < 4.78 is 12.3. The van der Waals surface area contributed by atoms with E-state index in [0.717, 1.165) is 4.47 Å². The number of alkyl halides is 3. The van der Waals surface area contributed by atoms with Crippen molar-refractivity contribution in [3.05, 3.63) is 34.3 Å². The van der Waals surface area contributed by atoms with E-state index < -0.39 is 3.49 Å². The molecule has 0 aliphatic heterocycles. The average Bonchev–Trinajstić information content (AvgIpc) is 1.86. The van der Waals surface area contributed by atoms with E-state index in [1.807, 2.05) is 6.07 Å². The van der Waals surface area contributed by atoms with E-state index in [-0.39, 0.29) is 0 Å². The van der Waals surface area contributed by atoms with Crippen LogP contribution in [0.4, 0.5) is 4.39 Å². The molecule has 0 radical (unpaired) electrons. The van der Waals surface area contributed by atoms with Crippen LogP contribution in [-0.4, -0.2) is 0 Å². The van der Waals surface area contributed by atoms with Crippen molar-refractivity contribution >= 4 is 47.8 Å². The van der Waals surface area contributed by atoms with Crippen LogP contribution in [0.1, 0.15) is 5.56 Å². The number of halogens is 4. The van der Waals surface area contributed by atoms with Crippen molar-refractivity contribution in [2.24, 2.45) is 0 Å². The summed E-state index contributed by atoms with van der Waals surface area (Å²) in [6.45, 7) is 0. The quantitative estimate of drug-likeness (QED) is 0.664. The molecule has 0 fully saturated rings. The highest BCUT2D eigenvalue weighted by atomic mass is 79.9. The molecule has 1 aromatic carbocycles. The van der Waals surface area contributed by atoms with Gasteiger partial charge in [-0.05, 0) is 44.0 Å². The molecule has 0 bridgehead atoms. The van der Waals surface area contributed by atoms with Crippen molar-refractivity contribution in [2.75, 3.05) is 0 Å². The molecule has 11 heavy (non-hydrogen) atoms. The lowest BCUT2D eigenvalue weighted by Gasteiger charge is -2.09. The van der Waals surface area contributed by atoms with Gasteiger partial charge in [0.2, 0.25) is 3.49 Å². The summed E-state index contributed by atoms with van der Waals surface area (Å²) in [7, 11) is 0. The molecule has 0 aromatic heterocycles. The summed E-state index contributed by atoms with van der Waals surface area (Å²) in [6, 6.07) is 7.00. The maximum atomic E-state index is 13.1. The van der Waals surface area contributed by atoms with Gasteiger partial charge in [-0.1, -0.05) is 28.1 Å². The number of benzene rings is 1. The molecular weight excluding hydrogens is 343 g/mol. The van der Waals surface area contributed by atoms with Gasteiger partial charge < -0.3 is 0 Å². The fraction of sp³-hybridized carbons (Fsp3) is 0.143. The van der Waals surface area contributed by atoms with Crippen LogP contribution < -0.4 is 0 Å². The molecule has 1 aromatic rings. The lowest BCUT2D eigenvalue weighted by atomic mass is 10.2. The summed E-state index contributed by atoms with van der Waals surface area (Å²) in [4.78, 5) is 0. The Labute approximate surface area is 89.6 Å². The molecule has 0 saturated heterocycles. The van der Waals surface area contributed by atoms with Crippen LogP contribution in [0, 0.1) is 0 Å². The van der Waals surface area contributed by atoms with Gasteiger partial charge >= 0.3 is 0 Å². The molecule has 0 N–H and O–H groups in total. The number of hydrogen-bond acceptors (Lipinski definition) is 0. The van der Waals surface area contributed by atoms with Gasteiger partial charge in [-0.2, -0.15) is 0 Å². The first-order valence-electron chi connectivity index (χ1n) is 2.83. The summed E-state index contributed by atoms with van der Waals surface area (Å²) >= 11 is 8.95. The standard InChI is InChI=1S/C7H4Br3F/c8-6-3-1-2-5(4-6)7(9,10)11/h1-4H. The molecule has 0 nitrogen and oxygen atoms in total. The first-order valence-corrected chi connectivity index (χ1v) is 5.21. The van der Waals surface area contributed by atoms with Crippen LogP contribution in [0.25, 0.3) is 0 Å². The minimum Gasteiger partial charge on any atom is -0.213 e. The van der Waals surface area contributed by atoms with Crippen LogP contribution in [0.5, 0.6) is 0 Å². The minimum absolute atomic E-state index is 0.534. The molecule has 0 amide bonds. The molecule has 0 unspecified atom stereocenters. The normalized spacial score (nSPS) is 11.6. The van der Waals surface area contributed by atoms with Gasteiger partial charge in [0.15, 0.2) is 0 Å². The lowest BCUT2D eigenvalue weighted by molar-refractivity contribution is 0.444. The van der Waals surface area contributed by atoms with Crippen LogP contribution in [0.2, 0.25) is 0 Å². The summed E-state index contributed by atoms with van der Waals surface area (Å²) in [5, 5.41) is 0. The highest BCUT2D eigenvalue weighted by Crippen LogP contribution is 2.40. The van der Waals surface area contributed by atoms with E-state index in [0.29, 0.717) is 5.56 Å². The number of hydrogen-bond donors (Lipinski definition) is 0. The molecule has 0 aliphatic carbocycles. The van der Waals surface area contributed by atoms with Crippen LogP contribution in [-0.2, 0) is 3.49 Å². The fourth-order valence-electron chi connectivity index (χ4n) is 0.665. The average molecular weight is 347 g/mol. The van der Waals surface area contributed by atoms with Crippen molar-refractivity contribution in [1.29, 1.82) is 0 Å². The van der Waals surface area contributed by atoms with Gasteiger partial charge in [0.25, 0.3) is 0 Å². The first kappa shape index (κ1) is 9.68. The zero-order chi connectivity index (χ0) is 8.48. The van der Waals surface area contributed by atoms with E-state index in [1.165, 1.54) is 0 Å². The summed E-state index contributed by atoms with van der Waals surface area (Å²) in [6.07, 6.45) is 0. The van der Waals surface area contributed by atoms with Crippen molar-refractivity contribution in [3.63, 3.8) is 0 Å². The van der Waals surface area contributed by atoms with E-state index in [9.17, 15) is 4.39 Å². The largest absolute Gasteiger partial charge is 0.244 e. The van der Waals surface area contributed by atoms with E-state index >= 15 is 0 Å². The smallest absolute Gasteiger partial charge is 0.213 e. The Morgan fingerprint density at radius 2 is 1.91 bits per heavy atom. The molecule has 60 valence electrons. The molecule has 0 heterocycles. The predicted molar refractivity (Wildman–Crippen MR) is 54.8 cm³/mol. The van der Waals surface area contributed by atoms with Crippen molar-refractivity contribution in [1.82, 2.24) is 0 Å². The second kappa shape index (κ2) is 3.54. The van der Waals surface area contributed by atoms with Crippen LogP contribution in [0.15, 0.2) is 28.7 Å². The van der Waals surface area contributed by atoms with E-state index in [1.54, 1.807) is 18.2 Å². The van der Waals surface area contributed by atoms with Crippen molar-refractivity contribution < 1.29 is 4.39 Å². The highest BCUT2D eigenvalue weighted by Gasteiger charge is 2.23. The SMILES string of the molecule is FC(Br)(Br)c1cccc(Br)c1. The van der Waals surface area contributed by atoms with Gasteiger partial charge in [-0.25, -0.2) is 4.39 Å². The third kappa shape index (κ3) is 2.84. The third-order valence-corrected chi connectivity index (χ3v) is 2.56. The van der Waals surface area contributed by atoms with Gasteiger partial charge in [-0.3, -0.25) is 0 Å². The molecule has 4 heteroatoms. The molecule has 0 aliphatic rings. The Morgan fingerprint density at radius 1 is 1.27 bits per heavy atom. The minimum atomic E-state index is -1.62. The molecule has 0 atom stereocenters. The molecule has 0 spiro atoms. The topological polar surface area (TPSA) is 0 Å². The predicted octanol–water partition coefficient (Wildman–Crippen LogP) is 4.32. The van der Waals surface area contributed by atoms with Crippen LogP contribution in [0.3, 0.4) is 0 Å². The van der Waals surface area contributed by atoms with Gasteiger partial charge in [0.1, 0.15) is 0 Å². The molecule has 0 saturated carbocycles. The van der Waals surface area contributed by atoms with Crippen LogP contribution >= 0.6 is 47.8 Å². The van der Waals surface area contributed by atoms with E-state index in [2.05, 4.69) is 47.8 Å². The third-order valence-electron chi connectivity index (χ3n) is 1.15. The van der Waals surface area contributed by atoms with Crippen molar-refractivity contribution in [3.8, 4) is 0 Å². The summed E-state index contributed by atoms with van der Waals surface area (Å²) in [5.41, 5.74) is 0.534. The molecule has 1 rings (SSSR count). The lowest BCUT2D eigenvalue weighted by Crippen LogP contribution is -1.98. The second-order valence-corrected chi connectivity index (χ2v) is 6.17. The Morgan fingerprint density at radius 3 is 2.27 bits per heavy atom. The zero-order valence-electron chi connectivity index (χ0n) is 5.32. The van der Waals surface area contributed by atoms with Crippen molar-refractivity contribution in [2.45, 2.75) is 3.49 Å². The fourth-order valence-corrected chi connectivity index (χ4v) is 1.56. The maximum absolute atomic E-state index is 13.1.